The number of rotatable bonds is 5. The lowest BCUT2D eigenvalue weighted by Gasteiger charge is -2.13. The molecule has 3 N–H and O–H groups in total. The Kier molecular flexibility index (Phi) is 3.63. The molecule has 0 bridgehead atoms. The molecule has 1 aromatic carbocycles. The van der Waals surface area contributed by atoms with Gasteiger partial charge >= 0.3 is 5.97 Å². The minimum Gasteiger partial charge on any atom is -0.480 e. The first-order chi connectivity index (χ1) is 10.9. The Morgan fingerprint density at radius 3 is 2.35 bits per heavy atom. The SMILES string of the molecule is O=C1CC(Cc2ccc(C(=O)NC3(C(=O)O)CC3)cc2)C(=O)N1. The van der Waals surface area contributed by atoms with E-state index in [2.05, 4.69) is 10.6 Å². The Morgan fingerprint density at radius 1 is 1.22 bits per heavy atom. The summed E-state index contributed by atoms with van der Waals surface area (Å²) in [5.74, 6) is -2.35. The van der Waals surface area contributed by atoms with Crippen molar-refractivity contribution in [1.29, 1.82) is 0 Å². The molecule has 2 fully saturated rings. The van der Waals surface area contributed by atoms with Crippen molar-refractivity contribution >= 4 is 23.7 Å². The van der Waals surface area contributed by atoms with Gasteiger partial charge in [-0.05, 0) is 37.0 Å². The fourth-order valence-corrected chi connectivity index (χ4v) is 2.66. The maximum absolute atomic E-state index is 12.1. The van der Waals surface area contributed by atoms with E-state index in [-0.39, 0.29) is 24.2 Å². The molecular weight excluding hydrogens is 300 g/mol. The van der Waals surface area contributed by atoms with Crippen LogP contribution < -0.4 is 10.6 Å². The standard InChI is InChI=1S/C16H16N2O5/c19-12-8-11(13(20)17-12)7-9-1-3-10(4-2-9)14(21)18-16(5-6-16)15(22)23/h1-4,11H,5-8H2,(H,18,21)(H,22,23)(H,17,19,20). The minimum atomic E-state index is -1.11. The molecule has 1 saturated heterocycles. The Hall–Kier alpha value is -2.70. The number of nitrogens with one attached hydrogen (secondary N) is 2. The van der Waals surface area contributed by atoms with E-state index in [1.54, 1.807) is 24.3 Å². The lowest BCUT2D eigenvalue weighted by molar-refractivity contribution is -0.140. The van der Waals surface area contributed by atoms with E-state index in [4.69, 9.17) is 5.11 Å². The van der Waals surface area contributed by atoms with Gasteiger partial charge in [-0.25, -0.2) is 4.79 Å². The third-order valence-electron chi connectivity index (χ3n) is 4.28. The van der Waals surface area contributed by atoms with Gasteiger partial charge in [0, 0.05) is 12.0 Å². The van der Waals surface area contributed by atoms with Crippen LogP contribution in [-0.4, -0.2) is 34.3 Å². The van der Waals surface area contributed by atoms with Gasteiger partial charge in [0.1, 0.15) is 5.54 Å². The van der Waals surface area contributed by atoms with E-state index in [1.807, 2.05) is 0 Å². The van der Waals surface area contributed by atoms with Crippen LogP contribution >= 0.6 is 0 Å². The summed E-state index contributed by atoms with van der Waals surface area (Å²) in [4.78, 5) is 45.8. The van der Waals surface area contributed by atoms with Crippen LogP contribution in [0.15, 0.2) is 24.3 Å². The predicted molar refractivity (Wildman–Crippen MR) is 78.5 cm³/mol. The number of carboxylic acid groups (broad SMARTS) is 1. The summed E-state index contributed by atoms with van der Waals surface area (Å²) in [5.41, 5.74) is 0.0990. The van der Waals surface area contributed by atoms with Crippen LogP contribution in [0, 0.1) is 5.92 Å². The van der Waals surface area contributed by atoms with E-state index in [9.17, 15) is 19.2 Å². The van der Waals surface area contributed by atoms with Gasteiger partial charge in [0.25, 0.3) is 5.91 Å². The monoisotopic (exact) mass is 316 g/mol. The van der Waals surface area contributed by atoms with Crippen molar-refractivity contribution in [3.05, 3.63) is 35.4 Å². The molecule has 7 nitrogen and oxygen atoms in total. The number of hydrogen-bond donors (Lipinski definition) is 3. The first kappa shape index (κ1) is 15.2. The Balaban J connectivity index is 1.63. The van der Waals surface area contributed by atoms with Gasteiger partial charge < -0.3 is 10.4 Å². The molecule has 3 amide bonds. The lowest BCUT2D eigenvalue weighted by Crippen LogP contribution is -2.43. The first-order valence-corrected chi connectivity index (χ1v) is 7.38. The average Bonchev–Trinajstić information content (AvgIpc) is 3.21. The first-order valence-electron chi connectivity index (χ1n) is 7.38. The molecule has 1 aliphatic carbocycles. The Bertz CT molecular complexity index is 691. The average molecular weight is 316 g/mol. The molecule has 2 aliphatic rings. The number of hydrogen-bond acceptors (Lipinski definition) is 4. The predicted octanol–water partition coefficient (Wildman–Crippen LogP) is 0.239. The molecule has 0 spiro atoms. The molecule has 0 radical (unpaired) electrons. The van der Waals surface area contributed by atoms with Gasteiger partial charge in [0.05, 0.1) is 5.92 Å². The number of benzene rings is 1. The highest BCUT2D eigenvalue weighted by molar-refractivity contribution is 6.03. The van der Waals surface area contributed by atoms with Gasteiger partial charge in [0.2, 0.25) is 11.8 Å². The number of aliphatic carboxylic acids is 1. The minimum absolute atomic E-state index is 0.183. The van der Waals surface area contributed by atoms with E-state index < -0.39 is 17.4 Å². The lowest BCUT2D eigenvalue weighted by atomic mass is 9.97. The fourth-order valence-electron chi connectivity index (χ4n) is 2.66. The second-order valence-electron chi connectivity index (χ2n) is 6.06. The summed E-state index contributed by atoms with van der Waals surface area (Å²) >= 11 is 0. The highest BCUT2D eigenvalue weighted by Gasteiger charge is 2.51. The number of imide groups is 1. The summed E-state index contributed by atoms with van der Waals surface area (Å²) in [6.07, 6.45) is 1.49. The molecule has 1 saturated carbocycles. The van der Waals surface area contributed by atoms with E-state index in [0.717, 1.165) is 5.56 Å². The van der Waals surface area contributed by atoms with Crippen molar-refractivity contribution in [3.8, 4) is 0 Å². The van der Waals surface area contributed by atoms with E-state index >= 15 is 0 Å². The molecule has 23 heavy (non-hydrogen) atoms. The summed E-state index contributed by atoms with van der Waals surface area (Å²) < 4.78 is 0. The van der Waals surface area contributed by atoms with Crippen molar-refractivity contribution in [3.63, 3.8) is 0 Å². The quantitative estimate of drug-likeness (QED) is 0.674. The van der Waals surface area contributed by atoms with Gasteiger partial charge in [-0.1, -0.05) is 12.1 Å². The normalized spacial score (nSPS) is 21.7. The molecule has 120 valence electrons. The summed E-state index contributed by atoms with van der Waals surface area (Å²) in [5, 5.41) is 13.9. The van der Waals surface area contributed by atoms with E-state index in [1.165, 1.54) is 0 Å². The third kappa shape index (κ3) is 3.08. The maximum atomic E-state index is 12.1. The van der Waals surface area contributed by atoms with Crippen molar-refractivity contribution < 1.29 is 24.3 Å². The highest BCUT2D eigenvalue weighted by atomic mass is 16.4. The molecule has 1 atom stereocenters. The van der Waals surface area contributed by atoms with Gasteiger partial charge in [0.15, 0.2) is 0 Å². The zero-order chi connectivity index (χ0) is 16.6. The second-order valence-corrected chi connectivity index (χ2v) is 6.06. The van der Waals surface area contributed by atoms with Gasteiger partial charge in [-0.15, -0.1) is 0 Å². The van der Waals surface area contributed by atoms with Gasteiger partial charge in [-0.2, -0.15) is 0 Å². The Labute approximate surface area is 132 Å². The fraction of sp³-hybridized carbons (Fsp3) is 0.375. The molecule has 1 unspecified atom stereocenters. The van der Waals surface area contributed by atoms with Crippen LogP contribution in [0.5, 0.6) is 0 Å². The van der Waals surface area contributed by atoms with Crippen LogP contribution in [-0.2, 0) is 20.8 Å². The van der Waals surface area contributed by atoms with Crippen molar-refractivity contribution in [2.75, 3.05) is 0 Å². The topological polar surface area (TPSA) is 113 Å². The van der Waals surface area contributed by atoms with Crippen LogP contribution in [0.25, 0.3) is 0 Å². The molecule has 1 heterocycles. The highest BCUT2D eigenvalue weighted by Crippen LogP contribution is 2.35. The molecular formula is C16H16N2O5. The molecule has 3 rings (SSSR count). The van der Waals surface area contributed by atoms with Crippen LogP contribution in [0.2, 0.25) is 0 Å². The van der Waals surface area contributed by atoms with E-state index in [0.29, 0.717) is 24.8 Å². The second kappa shape index (κ2) is 5.49. The molecule has 7 heteroatoms. The summed E-state index contributed by atoms with van der Waals surface area (Å²) in [7, 11) is 0. The zero-order valence-corrected chi connectivity index (χ0v) is 12.3. The number of carboxylic acids is 1. The summed E-state index contributed by atoms with van der Waals surface area (Å²) in [6.45, 7) is 0. The van der Waals surface area contributed by atoms with Crippen molar-refractivity contribution in [2.24, 2.45) is 5.92 Å². The number of carbonyl (C=O) groups is 4. The maximum Gasteiger partial charge on any atom is 0.329 e. The molecule has 1 aliphatic heterocycles. The largest absolute Gasteiger partial charge is 0.480 e. The smallest absolute Gasteiger partial charge is 0.329 e. The van der Waals surface area contributed by atoms with Crippen molar-refractivity contribution in [2.45, 2.75) is 31.2 Å². The van der Waals surface area contributed by atoms with Crippen LogP contribution in [0.1, 0.15) is 35.2 Å². The number of amides is 3. The molecule has 1 aromatic rings. The van der Waals surface area contributed by atoms with Crippen LogP contribution in [0.4, 0.5) is 0 Å². The molecule has 0 aromatic heterocycles. The number of carbonyl (C=O) groups excluding carboxylic acids is 3. The van der Waals surface area contributed by atoms with Crippen molar-refractivity contribution in [1.82, 2.24) is 10.6 Å². The summed E-state index contributed by atoms with van der Waals surface area (Å²) in [6, 6.07) is 6.62. The zero-order valence-electron chi connectivity index (χ0n) is 12.3. The Morgan fingerprint density at radius 2 is 1.87 bits per heavy atom. The third-order valence-corrected chi connectivity index (χ3v) is 4.28. The van der Waals surface area contributed by atoms with Crippen LogP contribution in [0.3, 0.4) is 0 Å². The van der Waals surface area contributed by atoms with Gasteiger partial charge in [-0.3, -0.25) is 19.7 Å².